The van der Waals surface area contributed by atoms with Gasteiger partial charge in [-0.3, -0.25) is 0 Å². The van der Waals surface area contributed by atoms with Gasteiger partial charge in [-0.2, -0.15) is 0 Å². The molecule has 0 bridgehead atoms. The summed E-state index contributed by atoms with van der Waals surface area (Å²) in [7, 11) is 3.20. The lowest BCUT2D eigenvalue weighted by Gasteiger charge is -2.13. The predicted octanol–water partition coefficient (Wildman–Crippen LogP) is 2.59. The number of pyridine rings is 1. The summed E-state index contributed by atoms with van der Waals surface area (Å²) in [6, 6.07) is 11.3. The standard InChI is InChI=1S/C15H18N2O3/c1-18-12-6-5-7-13(15(12)19-2)20-11-10-17-14-8-3-4-9-16-14/h3-9H,10-11H2,1-2H3,(H,16,17). The molecule has 1 N–H and O–H groups in total. The first-order valence-electron chi connectivity index (χ1n) is 6.34. The SMILES string of the molecule is COc1cccc(OCCNc2ccccn2)c1OC. The van der Waals surface area contributed by atoms with Crippen LogP contribution in [0.1, 0.15) is 0 Å². The van der Waals surface area contributed by atoms with Crippen LogP contribution >= 0.6 is 0 Å². The number of benzene rings is 1. The summed E-state index contributed by atoms with van der Waals surface area (Å²) < 4.78 is 16.2. The van der Waals surface area contributed by atoms with Crippen LogP contribution in [0.15, 0.2) is 42.6 Å². The summed E-state index contributed by atoms with van der Waals surface area (Å²) in [6.45, 7) is 1.15. The highest BCUT2D eigenvalue weighted by Crippen LogP contribution is 2.36. The Balaban J connectivity index is 1.88. The fourth-order valence-electron chi connectivity index (χ4n) is 1.78. The largest absolute Gasteiger partial charge is 0.493 e. The van der Waals surface area contributed by atoms with E-state index in [1.807, 2.05) is 36.4 Å². The van der Waals surface area contributed by atoms with E-state index in [0.717, 1.165) is 5.82 Å². The van der Waals surface area contributed by atoms with Crippen LogP contribution in [0.3, 0.4) is 0 Å². The second-order valence-electron chi connectivity index (χ2n) is 3.98. The van der Waals surface area contributed by atoms with Crippen LogP contribution in [-0.2, 0) is 0 Å². The number of aromatic nitrogens is 1. The summed E-state index contributed by atoms with van der Waals surface area (Å²) in [5, 5.41) is 3.17. The van der Waals surface area contributed by atoms with E-state index < -0.39 is 0 Å². The maximum Gasteiger partial charge on any atom is 0.203 e. The maximum atomic E-state index is 5.70. The molecule has 20 heavy (non-hydrogen) atoms. The first-order chi connectivity index (χ1) is 9.85. The van der Waals surface area contributed by atoms with Gasteiger partial charge in [-0.1, -0.05) is 12.1 Å². The number of hydrogen-bond acceptors (Lipinski definition) is 5. The molecule has 0 radical (unpaired) electrons. The van der Waals surface area contributed by atoms with E-state index in [9.17, 15) is 0 Å². The summed E-state index contributed by atoms with van der Waals surface area (Å²) in [5.41, 5.74) is 0. The van der Waals surface area contributed by atoms with E-state index in [-0.39, 0.29) is 0 Å². The lowest BCUT2D eigenvalue weighted by molar-refractivity contribution is 0.293. The Morgan fingerprint density at radius 1 is 1.00 bits per heavy atom. The van der Waals surface area contributed by atoms with Gasteiger partial charge in [0.15, 0.2) is 11.5 Å². The van der Waals surface area contributed by atoms with Crippen molar-refractivity contribution in [1.29, 1.82) is 0 Å². The predicted molar refractivity (Wildman–Crippen MR) is 77.8 cm³/mol. The van der Waals surface area contributed by atoms with Crippen molar-refractivity contribution in [3.63, 3.8) is 0 Å². The summed E-state index contributed by atoms with van der Waals surface area (Å²) in [4.78, 5) is 4.17. The molecule has 5 heteroatoms. The zero-order valence-electron chi connectivity index (χ0n) is 11.6. The Kier molecular flexibility index (Phi) is 5.06. The molecular formula is C15H18N2O3. The van der Waals surface area contributed by atoms with Crippen LogP contribution in [0.25, 0.3) is 0 Å². The van der Waals surface area contributed by atoms with Gasteiger partial charge in [-0.25, -0.2) is 4.98 Å². The van der Waals surface area contributed by atoms with Gasteiger partial charge in [-0.15, -0.1) is 0 Å². The van der Waals surface area contributed by atoms with E-state index in [0.29, 0.717) is 30.4 Å². The Hall–Kier alpha value is -2.43. The average molecular weight is 274 g/mol. The number of para-hydroxylation sites is 1. The fraction of sp³-hybridized carbons (Fsp3) is 0.267. The highest BCUT2D eigenvalue weighted by atomic mass is 16.5. The van der Waals surface area contributed by atoms with E-state index in [1.54, 1.807) is 20.4 Å². The Morgan fingerprint density at radius 3 is 2.55 bits per heavy atom. The van der Waals surface area contributed by atoms with Crippen molar-refractivity contribution in [1.82, 2.24) is 4.98 Å². The molecule has 0 amide bonds. The number of anilines is 1. The van der Waals surface area contributed by atoms with Gasteiger partial charge in [0.2, 0.25) is 5.75 Å². The number of nitrogens with one attached hydrogen (secondary N) is 1. The first kappa shape index (κ1) is 14.0. The maximum absolute atomic E-state index is 5.70. The molecule has 0 spiro atoms. The number of rotatable bonds is 7. The minimum atomic E-state index is 0.500. The Labute approximate surface area is 118 Å². The normalized spacial score (nSPS) is 9.90. The van der Waals surface area contributed by atoms with Gasteiger partial charge in [0.25, 0.3) is 0 Å². The van der Waals surface area contributed by atoms with Crippen LogP contribution in [0.5, 0.6) is 17.2 Å². The lowest BCUT2D eigenvalue weighted by Crippen LogP contribution is -2.12. The molecule has 0 aliphatic carbocycles. The van der Waals surface area contributed by atoms with Crippen molar-refractivity contribution in [2.75, 3.05) is 32.7 Å². The quantitative estimate of drug-likeness (QED) is 0.786. The highest BCUT2D eigenvalue weighted by Gasteiger charge is 2.10. The van der Waals surface area contributed by atoms with Crippen LogP contribution in [0, 0.1) is 0 Å². The zero-order chi connectivity index (χ0) is 14.2. The second-order valence-corrected chi connectivity index (χ2v) is 3.98. The number of hydrogen-bond donors (Lipinski definition) is 1. The Morgan fingerprint density at radius 2 is 1.85 bits per heavy atom. The zero-order valence-corrected chi connectivity index (χ0v) is 11.6. The molecule has 0 fully saturated rings. The molecule has 1 aromatic heterocycles. The molecule has 106 valence electrons. The third-order valence-electron chi connectivity index (χ3n) is 2.70. The average Bonchev–Trinajstić information content (AvgIpc) is 2.52. The minimum Gasteiger partial charge on any atom is -0.493 e. The van der Waals surface area contributed by atoms with Crippen molar-refractivity contribution >= 4 is 5.82 Å². The molecule has 0 saturated heterocycles. The van der Waals surface area contributed by atoms with Gasteiger partial charge < -0.3 is 19.5 Å². The van der Waals surface area contributed by atoms with Crippen molar-refractivity contribution in [2.45, 2.75) is 0 Å². The molecule has 1 aromatic carbocycles. The van der Waals surface area contributed by atoms with Crippen LogP contribution < -0.4 is 19.5 Å². The van der Waals surface area contributed by atoms with Gasteiger partial charge in [0.1, 0.15) is 12.4 Å². The fourth-order valence-corrected chi connectivity index (χ4v) is 1.78. The summed E-state index contributed by atoms with van der Waals surface area (Å²) >= 11 is 0. The van der Waals surface area contributed by atoms with Gasteiger partial charge >= 0.3 is 0 Å². The Bertz CT molecular complexity index is 532. The lowest BCUT2D eigenvalue weighted by atomic mass is 10.3. The van der Waals surface area contributed by atoms with Crippen molar-refractivity contribution in [3.8, 4) is 17.2 Å². The van der Waals surface area contributed by atoms with Crippen molar-refractivity contribution < 1.29 is 14.2 Å². The van der Waals surface area contributed by atoms with Crippen molar-refractivity contribution in [3.05, 3.63) is 42.6 Å². The summed E-state index contributed by atoms with van der Waals surface area (Å²) in [5.74, 6) is 2.75. The number of nitrogens with zero attached hydrogens (tertiary/aromatic N) is 1. The summed E-state index contributed by atoms with van der Waals surface area (Å²) in [6.07, 6.45) is 1.74. The second kappa shape index (κ2) is 7.23. The third kappa shape index (κ3) is 3.54. The monoisotopic (exact) mass is 274 g/mol. The van der Waals surface area contributed by atoms with Gasteiger partial charge in [-0.05, 0) is 24.3 Å². The third-order valence-corrected chi connectivity index (χ3v) is 2.70. The van der Waals surface area contributed by atoms with Crippen LogP contribution in [-0.4, -0.2) is 32.4 Å². The van der Waals surface area contributed by atoms with E-state index in [1.165, 1.54) is 0 Å². The van der Waals surface area contributed by atoms with E-state index in [4.69, 9.17) is 14.2 Å². The first-order valence-corrected chi connectivity index (χ1v) is 6.34. The molecular weight excluding hydrogens is 256 g/mol. The molecule has 0 aliphatic rings. The molecule has 5 nitrogen and oxygen atoms in total. The highest BCUT2D eigenvalue weighted by molar-refractivity contribution is 5.51. The molecule has 0 unspecified atom stereocenters. The molecule has 2 aromatic rings. The topological polar surface area (TPSA) is 52.6 Å². The van der Waals surface area contributed by atoms with Gasteiger partial charge in [0, 0.05) is 6.20 Å². The number of ether oxygens (including phenoxy) is 3. The van der Waals surface area contributed by atoms with E-state index in [2.05, 4.69) is 10.3 Å². The smallest absolute Gasteiger partial charge is 0.203 e. The van der Waals surface area contributed by atoms with Crippen LogP contribution in [0.2, 0.25) is 0 Å². The van der Waals surface area contributed by atoms with E-state index >= 15 is 0 Å². The molecule has 0 saturated carbocycles. The van der Waals surface area contributed by atoms with Crippen molar-refractivity contribution in [2.24, 2.45) is 0 Å². The molecule has 1 heterocycles. The van der Waals surface area contributed by atoms with Crippen LogP contribution in [0.4, 0.5) is 5.82 Å². The molecule has 2 rings (SSSR count). The molecule has 0 aliphatic heterocycles. The minimum absolute atomic E-state index is 0.500. The van der Waals surface area contributed by atoms with Gasteiger partial charge in [0.05, 0.1) is 20.8 Å². The molecule has 0 atom stereocenters. The number of methoxy groups -OCH3 is 2.